The quantitative estimate of drug-likeness (QED) is 0.764. The van der Waals surface area contributed by atoms with Gasteiger partial charge in [0.25, 0.3) is 0 Å². The van der Waals surface area contributed by atoms with E-state index in [1.54, 1.807) is 6.92 Å². The van der Waals surface area contributed by atoms with Crippen LogP contribution in [0.2, 0.25) is 0 Å². The van der Waals surface area contributed by atoms with Gasteiger partial charge in [0.1, 0.15) is 4.87 Å². The van der Waals surface area contributed by atoms with Crippen molar-refractivity contribution in [1.82, 2.24) is 10.3 Å². The highest BCUT2D eigenvalue weighted by molar-refractivity contribution is 8.15. The highest BCUT2D eigenvalue weighted by Gasteiger charge is 2.46. The molecule has 27 heavy (non-hydrogen) atoms. The molecule has 1 atom stereocenters. The molecule has 3 amide bonds. The Hall–Kier alpha value is -2.40. The summed E-state index contributed by atoms with van der Waals surface area (Å²) in [6.07, 6.45) is 0. The van der Waals surface area contributed by atoms with Crippen molar-refractivity contribution >= 4 is 50.2 Å². The van der Waals surface area contributed by atoms with Crippen LogP contribution in [0, 0.1) is 0 Å². The Kier molecular flexibility index (Phi) is 5.95. The number of carbonyl (C=O) groups excluding carboxylic acids is 3. The van der Waals surface area contributed by atoms with Crippen molar-refractivity contribution in [1.29, 1.82) is 0 Å². The van der Waals surface area contributed by atoms with Crippen molar-refractivity contribution in [2.24, 2.45) is 5.10 Å². The fourth-order valence-electron chi connectivity index (χ4n) is 2.55. The van der Waals surface area contributed by atoms with Crippen LogP contribution in [-0.4, -0.2) is 46.9 Å². The Morgan fingerprint density at radius 2 is 1.63 bits per heavy atom. The first-order valence-electron chi connectivity index (χ1n) is 7.89. The molecule has 0 unspecified atom stereocenters. The summed E-state index contributed by atoms with van der Waals surface area (Å²) in [6.45, 7) is 5.49. The molecular weight excluding hydrogens is 392 g/mol. The van der Waals surface area contributed by atoms with Gasteiger partial charge in [0.05, 0.1) is 10.6 Å². The van der Waals surface area contributed by atoms with Crippen molar-refractivity contribution in [3.05, 3.63) is 24.3 Å². The Bertz CT molecular complexity index is 911. The average molecular weight is 412 g/mol. The highest BCUT2D eigenvalue weighted by Crippen LogP contribution is 2.38. The van der Waals surface area contributed by atoms with Crippen LogP contribution in [-0.2, 0) is 24.2 Å². The molecule has 1 heterocycles. The number of nitrogens with one attached hydrogen (secondary N) is 2. The molecule has 1 aliphatic rings. The van der Waals surface area contributed by atoms with E-state index < -0.39 is 26.4 Å². The summed E-state index contributed by atoms with van der Waals surface area (Å²) in [7, 11) is -3.78. The molecule has 2 rings (SSSR count). The molecule has 2 N–H and O–H groups in total. The monoisotopic (exact) mass is 412 g/mol. The van der Waals surface area contributed by atoms with Gasteiger partial charge in [-0.2, -0.15) is 0 Å². The van der Waals surface area contributed by atoms with Crippen LogP contribution >= 0.6 is 11.8 Å². The fourth-order valence-corrected chi connectivity index (χ4v) is 5.78. The molecule has 11 heteroatoms. The van der Waals surface area contributed by atoms with Crippen molar-refractivity contribution in [2.75, 3.05) is 11.1 Å². The minimum Gasteiger partial charge on any atom is -0.326 e. The lowest BCUT2D eigenvalue weighted by atomic mass is 10.3. The third-order valence-corrected chi connectivity index (χ3v) is 6.78. The van der Waals surface area contributed by atoms with Gasteiger partial charge < -0.3 is 10.6 Å². The van der Waals surface area contributed by atoms with E-state index in [1.807, 2.05) is 0 Å². The number of amides is 3. The molecule has 146 valence electrons. The standard InChI is InChI=1S/C16H20N4O5S2/c1-10(21)17-13-5-7-14(8-6-13)27(24,25)9-16(4)20(12(3)23)19-15(26-16)18-11(2)22/h5-8H,9H2,1-4H3,(H,17,21)(H,18,19,22)/t16-/m1/s1. The minimum absolute atomic E-state index is 0.0508. The molecule has 0 aromatic heterocycles. The molecule has 1 aliphatic heterocycles. The van der Waals surface area contributed by atoms with Crippen molar-refractivity contribution in [2.45, 2.75) is 37.5 Å². The number of carbonyl (C=O) groups is 3. The zero-order valence-electron chi connectivity index (χ0n) is 15.3. The first-order chi connectivity index (χ1) is 12.4. The Morgan fingerprint density at radius 1 is 1.07 bits per heavy atom. The average Bonchev–Trinajstić information content (AvgIpc) is 2.81. The van der Waals surface area contributed by atoms with Crippen LogP contribution < -0.4 is 10.6 Å². The van der Waals surface area contributed by atoms with Gasteiger partial charge in [-0.1, -0.05) is 11.8 Å². The van der Waals surface area contributed by atoms with Gasteiger partial charge in [-0.15, -0.1) is 5.10 Å². The Balaban J connectivity index is 2.26. The van der Waals surface area contributed by atoms with Crippen molar-refractivity contribution < 1.29 is 22.8 Å². The minimum atomic E-state index is -3.78. The smallest absolute Gasteiger partial charge is 0.240 e. The lowest BCUT2D eigenvalue weighted by Crippen LogP contribution is -2.45. The highest BCUT2D eigenvalue weighted by atomic mass is 32.2. The van der Waals surface area contributed by atoms with E-state index in [9.17, 15) is 22.8 Å². The maximum Gasteiger partial charge on any atom is 0.240 e. The summed E-state index contributed by atoms with van der Waals surface area (Å²) in [4.78, 5) is 33.1. The second kappa shape index (κ2) is 7.69. The molecule has 0 spiro atoms. The first-order valence-corrected chi connectivity index (χ1v) is 10.4. The van der Waals surface area contributed by atoms with Gasteiger partial charge in [-0.25, -0.2) is 13.4 Å². The van der Waals surface area contributed by atoms with Gasteiger partial charge in [-0.3, -0.25) is 14.4 Å². The van der Waals surface area contributed by atoms with Crippen LogP contribution in [0.4, 0.5) is 5.69 Å². The number of hydrogen-bond acceptors (Lipinski definition) is 7. The number of benzene rings is 1. The molecule has 9 nitrogen and oxygen atoms in total. The first kappa shape index (κ1) is 20.9. The number of thioether (sulfide) groups is 1. The molecule has 1 aromatic rings. The van der Waals surface area contributed by atoms with E-state index >= 15 is 0 Å². The molecule has 0 aliphatic carbocycles. The van der Waals surface area contributed by atoms with E-state index in [4.69, 9.17) is 0 Å². The molecule has 1 aromatic carbocycles. The Morgan fingerprint density at radius 3 is 2.11 bits per heavy atom. The molecule has 0 radical (unpaired) electrons. The number of sulfone groups is 1. The van der Waals surface area contributed by atoms with E-state index in [2.05, 4.69) is 15.7 Å². The van der Waals surface area contributed by atoms with Crippen LogP contribution in [0.1, 0.15) is 27.7 Å². The van der Waals surface area contributed by atoms with Crippen LogP contribution in [0.15, 0.2) is 34.3 Å². The van der Waals surface area contributed by atoms with Crippen molar-refractivity contribution in [3.8, 4) is 0 Å². The molecule has 0 bridgehead atoms. The van der Waals surface area contributed by atoms with E-state index in [0.29, 0.717) is 5.69 Å². The third kappa shape index (κ3) is 5.07. The van der Waals surface area contributed by atoms with E-state index in [-0.39, 0.29) is 21.9 Å². The van der Waals surface area contributed by atoms with Gasteiger partial charge in [-0.05, 0) is 31.2 Å². The second-order valence-corrected chi connectivity index (χ2v) is 9.62. The number of nitrogens with zero attached hydrogens (tertiary/aromatic N) is 2. The predicted molar refractivity (Wildman–Crippen MR) is 103 cm³/mol. The number of anilines is 1. The summed E-state index contributed by atoms with van der Waals surface area (Å²) in [5, 5.41) is 10.3. The second-order valence-electron chi connectivity index (χ2n) is 6.16. The van der Waals surface area contributed by atoms with Crippen LogP contribution in [0.3, 0.4) is 0 Å². The van der Waals surface area contributed by atoms with Crippen molar-refractivity contribution in [3.63, 3.8) is 0 Å². The SMILES string of the molecule is CC(=O)NC1=NN(C(C)=O)[C@@](C)(CS(=O)(=O)c2ccc(NC(C)=O)cc2)S1. The molecule has 0 saturated carbocycles. The lowest BCUT2D eigenvalue weighted by Gasteiger charge is -2.30. The van der Waals surface area contributed by atoms with Gasteiger partial charge in [0.2, 0.25) is 17.7 Å². The number of rotatable bonds is 4. The predicted octanol–water partition coefficient (Wildman–Crippen LogP) is 1.14. The lowest BCUT2D eigenvalue weighted by molar-refractivity contribution is -0.131. The molecule has 0 fully saturated rings. The third-order valence-electron chi connectivity index (χ3n) is 3.53. The maximum atomic E-state index is 12.8. The van der Waals surface area contributed by atoms with E-state index in [1.165, 1.54) is 45.0 Å². The fraction of sp³-hybridized carbons (Fsp3) is 0.375. The number of hydrazone groups is 1. The zero-order valence-corrected chi connectivity index (χ0v) is 16.9. The topological polar surface area (TPSA) is 125 Å². The van der Waals surface area contributed by atoms with Crippen LogP contribution in [0.25, 0.3) is 0 Å². The van der Waals surface area contributed by atoms with Crippen LogP contribution in [0.5, 0.6) is 0 Å². The van der Waals surface area contributed by atoms with Gasteiger partial charge in [0, 0.05) is 26.5 Å². The van der Waals surface area contributed by atoms with Gasteiger partial charge in [0.15, 0.2) is 15.0 Å². The summed E-state index contributed by atoms with van der Waals surface area (Å²) >= 11 is 0.998. The van der Waals surface area contributed by atoms with Gasteiger partial charge >= 0.3 is 0 Å². The number of hydrogen-bond donors (Lipinski definition) is 2. The summed E-state index contributed by atoms with van der Waals surface area (Å²) in [5.74, 6) is -1.48. The summed E-state index contributed by atoms with van der Waals surface area (Å²) < 4.78 is 25.7. The molecule has 0 saturated heterocycles. The Labute approximate surface area is 161 Å². The largest absolute Gasteiger partial charge is 0.326 e. The maximum absolute atomic E-state index is 12.8. The molecular formula is C16H20N4O5S2. The normalized spacial score (nSPS) is 19.4. The number of amidine groups is 1. The zero-order chi connectivity index (χ0) is 20.4. The summed E-state index contributed by atoms with van der Waals surface area (Å²) in [5.41, 5.74) is 0.476. The summed E-state index contributed by atoms with van der Waals surface area (Å²) in [6, 6.07) is 5.75. The van der Waals surface area contributed by atoms with E-state index in [0.717, 1.165) is 16.8 Å².